The van der Waals surface area contributed by atoms with E-state index in [2.05, 4.69) is 16.2 Å². The van der Waals surface area contributed by atoms with Gasteiger partial charge in [-0.15, -0.1) is 0 Å². The second kappa shape index (κ2) is 1.91. The van der Waals surface area contributed by atoms with Crippen LogP contribution in [0, 0.1) is 0 Å². The highest BCUT2D eigenvalue weighted by Crippen LogP contribution is 2.03. The Labute approximate surface area is 41.0 Å². The van der Waals surface area contributed by atoms with Gasteiger partial charge in [-0.1, -0.05) is 5.16 Å². The van der Waals surface area contributed by atoms with Gasteiger partial charge in [-0.25, -0.2) is 4.39 Å². The third-order valence-corrected chi connectivity index (χ3v) is 0.757. The molecule has 1 atom stereocenters. The van der Waals surface area contributed by atoms with Gasteiger partial charge in [0.25, 0.3) is 0 Å². The fourth-order valence-corrected chi connectivity index (χ4v) is 0.371. The van der Waals surface area contributed by atoms with Gasteiger partial charge in [-0.2, -0.15) is 0 Å². The van der Waals surface area contributed by atoms with Crippen LogP contribution in [0.4, 0.5) is 4.39 Å². The molecule has 0 aromatic rings. The highest BCUT2D eigenvalue weighted by molar-refractivity contribution is 5.58. The van der Waals surface area contributed by atoms with E-state index in [9.17, 15) is 4.39 Å². The van der Waals surface area contributed by atoms with E-state index >= 15 is 0 Å². The van der Waals surface area contributed by atoms with Crippen LogP contribution in [-0.4, -0.2) is 19.0 Å². The van der Waals surface area contributed by atoms with Crippen molar-refractivity contribution >= 4 is 6.21 Å². The molecule has 2 nitrogen and oxygen atoms in total. The summed E-state index contributed by atoms with van der Waals surface area (Å²) in [7, 11) is 0. The van der Waals surface area contributed by atoms with Crippen LogP contribution in [0.15, 0.2) is 5.16 Å². The molecule has 1 rings (SSSR count). The predicted molar refractivity (Wildman–Crippen MR) is 22.9 cm³/mol. The van der Waals surface area contributed by atoms with Gasteiger partial charge in [0.1, 0.15) is 12.9 Å². The summed E-state index contributed by atoms with van der Waals surface area (Å²) in [5, 5.41) is 3.25. The zero-order chi connectivity index (χ0) is 5.11. The maximum atomic E-state index is 11.5. The van der Waals surface area contributed by atoms with Gasteiger partial charge in [-0.05, 0) is 0 Å². The van der Waals surface area contributed by atoms with Crippen LogP contribution in [0.2, 0.25) is 0 Å². The molecular formula is C4H5FNO. The van der Waals surface area contributed by atoms with Crippen molar-refractivity contribution in [1.82, 2.24) is 0 Å². The second-order valence-electron chi connectivity index (χ2n) is 1.34. The molecule has 0 aromatic heterocycles. The van der Waals surface area contributed by atoms with Crippen LogP contribution in [0.5, 0.6) is 0 Å². The lowest BCUT2D eigenvalue weighted by Crippen LogP contribution is -2.06. The molecule has 0 aromatic carbocycles. The number of alkyl halides is 1. The van der Waals surface area contributed by atoms with Crippen molar-refractivity contribution in [2.24, 2.45) is 5.16 Å². The molecular weight excluding hydrogens is 97.0 g/mol. The number of hydrogen-bond donors (Lipinski definition) is 0. The highest BCUT2D eigenvalue weighted by atomic mass is 19.1. The Bertz CT molecular complexity index is 75.8. The average molecular weight is 102 g/mol. The minimum Gasteiger partial charge on any atom is -0.389 e. The van der Waals surface area contributed by atoms with Crippen LogP contribution in [-0.2, 0) is 4.84 Å². The molecule has 7 heavy (non-hydrogen) atoms. The maximum Gasteiger partial charge on any atom is 0.161 e. The maximum absolute atomic E-state index is 11.5. The zero-order valence-electron chi connectivity index (χ0n) is 3.72. The fourth-order valence-electron chi connectivity index (χ4n) is 0.371. The number of hydrogen-bond acceptors (Lipinski definition) is 2. The van der Waals surface area contributed by atoms with E-state index in [1.807, 2.05) is 0 Å². The zero-order valence-corrected chi connectivity index (χ0v) is 3.72. The Morgan fingerprint density at radius 1 is 2.00 bits per heavy atom. The van der Waals surface area contributed by atoms with E-state index in [4.69, 9.17) is 0 Å². The topological polar surface area (TPSA) is 21.6 Å². The van der Waals surface area contributed by atoms with E-state index in [-0.39, 0.29) is 6.10 Å². The molecule has 0 saturated heterocycles. The Morgan fingerprint density at radius 2 is 2.86 bits per heavy atom. The van der Waals surface area contributed by atoms with Crippen LogP contribution >= 0.6 is 0 Å². The van der Waals surface area contributed by atoms with Gasteiger partial charge in [0.15, 0.2) is 6.10 Å². The van der Waals surface area contributed by atoms with Crippen LogP contribution < -0.4 is 0 Å². The average Bonchev–Trinajstić information content (AvgIpc) is 2.14. The van der Waals surface area contributed by atoms with Crippen molar-refractivity contribution in [2.45, 2.75) is 12.5 Å². The Kier molecular flexibility index (Phi) is 1.24. The standard InChI is InChI=1S/C4H5FNO/c5-3-4-1-2-6-7-4/h4H,1,3H2. The molecule has 1 radical (unpaired) electrons. The summed E-state index contributed by atoms with van der Waals surface area (Å²) in [6.45, 7) is -0.462. The van der Waals surface area contributed by atoms with E-state index in [0.717, 1.165) is 0 Å². The monoisotopic (exact) mass is 102 g/mol. The molecule has 1 unspecified atom stereocenters. The lowest BCUT2D eigenvalue weighted by molar-refractivity contribution is 0.0657. The Balaban J connectivity index is 2.22. The van der Waals surface area contributed by atoms with Crippen molar-refractivity contribution < 1.29 is 9.23 Å². The molecule has 3 heteroatoms. The largest absolute Gasteiger partial charge is 0.389 e. The van der Waals surface area contributed by atoms with Crippen LogP contribution in [0.25, 0.3) is 0 Å². The van der Waals surface area contributed by atoms with Gasteiger partial charge < -0.3 is 4.84 Å². The molecule has 1 heterocycles. The summed E-state index contributed by atoms with van der Waals surface area (Å²) in [5.74, 6) is 0. The van der Waals surface area contributed by atoms with Crippen molar-refractivity contribution in [3.8, 4) is 0 Å². The second-order valence-corrected chi connectivity index (χ2v) is 1.34. The molecule has 0 amide bonds. The lowest BCUT2D eigenvalue weighted by Gasteiger charge is -1.97. The summed E-state index contributed by atoms with van der Waals surface area (Å²) >= 11 is 0. The van der Waals surface area contributed by atoms with Crippen molar-refractivity contribution in [3.05, 3.63) is 0 Å². The molecule has 1 aliphatic rings. The molecule has 0 saturated carbocycles. The third kappa shape index (κ3) is 0.885. The van der Waals surface area contributed by atoms with E-state index < -0.39 is 6.67 Å². The third-order valence-electron chi connectivity index (χ3n) is 0.757. The van der Waals surface area contributed by atoms with Gasteiger partial charge in [0.2, 0.25) is 0 Å². The first-order valence-corrected chi connectivity index (χ1v) is 2.08. The van der Waals surface area contributed by atoms with Crippen LogP contribution in [0.1, 0.15) is 6.42 Å². The van der Waals surface area contributed by atoms with Gasteiger partial charge >= 0.3 is 0 Å². The molecule has 0 N–H and O–H groups in total. The summed E-state index contributed by atoms with van der Waals surface area (Å²) in [6, 6.07) is 0. The number of halogens is 1. The van der Waals surface area contributed by atoms with Crippen molar-refractivity contribution in [1.29, 1.82) is 0 Å². The number of nitrogens with zero attached hydrogens (tertiary/aromatic N) is 1. The number of rotatable bonds is 1. The van der Waals surface area contributed by atoms with Crippen molar-refractivity contribution in [3.63, 3.8) is 0 Å². The van der Waals surface area contributed by atoms with E-state index in [0.29, 0.717) is 6.42 Å². The minimum absolute atomic E-state index is 0.347. The summed E-state index contributed by atoms with van der Waals surface area (Å²) in [6.07, 6.45) is 2.64. The first-order chi connectivity index (χ1) is 3.43. The molecule has 0 bridgehead atoms. The summed E-state index contributed by atoms with van der Waals surface area (Å²) < 4.78 is 11.5. The Morgan fingerprint density at radius 3 is 3.14 bits per heavy atom. The predicted octanol–water partition coefficient (Wildman–Crippen LogP) is 0.608. The fraction of sp³-hybridized carbons (Fsp3) is 0.750. The SMILES string of the molecule is FCC1C[C]=NO1. The smallest absolute Gasteiger partial charge is 0.161 e. The van der Waals surface area contributed by atoms with Gasteiger partial charge in [-0.3, -0.25) is 0 Å². The van der Waals surface area contributed by atoms with Gasteiger partial charge in [0.05, 0.1) is 0 Å². The summed E-state index contributed by atoms with van der Waals surface area (Å²) in [4.78, 5) is 4.44. The van der Waals surface area contributed by atoms with E-state index in [1.54, 1.807) is 0 Å². The van der Waals surface area contributed by atoms with E-state index in [1.165, 1.54) is 0 Å². The van der Waals surface area contributed by atoms with Gasteiger partial charge in [0, 0.05) is 6.42 Å². The molecule has 1 aliphatic heterocycles. The lowest BCUT2D eigenvalue weighted by atomic mass is 10.3. The quantitative estimate of drug-likeness (QED) is 0.475. The van der Waals surface area contributed by atoms with Crippen molar-refractivity contribution in [2.75, 3.05) is 6.67 Å². The first kappa shape index (κ1) is 4.56. The molecule has 0 fully saturated rings. The molecule has 0 spiro atoms. The Hall–Kier alpha value is -0.600. The minimum atomic E-state index is -0.462. The molecule has 0 aliphatic carbocycles. The van der Waals surface area contributed by atoms with Crippen LogP contribution in [0.3, 0.4) is 0 Å². The molecule has 39 valence electrons. The highest BCUT2D eigenvalue weighted by Gasteiger charge is 2.11. The summed E-state index contributed by atoms with van der Waals surface area (Å²) in [5.41, 5.74) is 0. The first-order valence-electron chi connectivity index (χ1n) is 2.08. The normalized spacial score (nSPS) is 27.9.